The van der Waals surface area contributed by atoms with Gasteiger partial charge in [0.05, 0.1) is 0 Å². The van der Waals surface area contributed by atoms with Gasteiger partial charge in [0, 0.05) is 0 Å². The van der Waals surface area contributed by atoms with Gasteiger partial charge in [-0.15, -0.1) is 0 Å². The number of carbonyl (C=O) groups excluding carboxylic acids is 1. The summed E-state index contributed by atoms with van der Waals surface area (Å²) in [7, 11) is 0. The Morgan fingerprint density at radius 3 is 2.22 bits per heavy atom. The maximum absolute atomic E-state index is 10.9. The van der Waals surface area contributed by atoms with E-state index in [4.69, 9.17) is 0 Å². The Kier molecular flexibility index (Phi) is 4.80. The molecule has 2 rings (SSSR count). The minimum absolute atomic E-state index is 0.0812. The van der Waals surface area contributed by atoms with Crippen molar-refractivity contribution in [1.29, 1.82) is 0 Å². The fraction of sp³-hybridized carbons (Fsp3) is 0.100. The SMILES string of the molecule is O=Cc1[nH]c([CH]([Sn])c2[nH]cc(S)c2S)c(S)c1S. The number of H-pyrrole nitrogens is 2. The van der Waals surface area contributed by atoms with Crippen LogP contribution in [0.15, 0.2) is 25.8 Å². The number of hydrogen-bond acceptors (Lipinski definition) is 5. The zero-order chi connectivity index (χ0) is 13.4. The van der Waals surface area contributed by atoms with Crippen molar-refractivity contribution in [1.82, 2.24) is 9.97 Å². The van der Waals surface area contributed by atoms with Crippen LogP contribution in [0, 0.1) is 0 Å². The van der Waals surface area contributed by atoms with E-state index in [0.717, 1.165) is 27.5 Å². The molecular weight excluding hydrogens is 411 g/mol. The number of aromatic nitrogens is 2. The molecule has 0 aliphatic carbocycles. The van der Waals surface area contributed by atoms with Gasteiger partial charge in [0.2, 0.25) is 0 Å². The number of carbonyl (C=O) groups is 1. The van der Waals surface area contributed by atoms with Gasteiger partial charge < -0.3 is 0 Å². The molecule has 0 fully saturated rings. The Balaban J connectivity index is 2.49. The first-order valence-electron chi connectivity index (χ1n) is 4.86. The van der Waals surface area contributed by atoms with E-state index in [1.165, 1.54) is 22.5 Å². The van der Waals surface area contributed by atoms with E-state index >= 15 is 0 Å². The average Bonchev–Trinajstić information content (AvgIpc) is 2.83. The molecular formula is C10H9N2OS4Sn. The first-order chi connectivity index (χ1) is 8.47. The van der Waals surface area contributed by atoms with Crippen molar-refractivity contribution in [2.45, 2.75) is 23.5 Å². The second-order valence-corrected chi connectivity index (χ2v) is 7.11. The topological polar surface area (TPSA) is 48.6 Å². The Morgan fingerprint density at radius 2 is 1.78 bits per heavy atom. The predicted octanol–water partition coefficient (Wildman–Crippen LogP) is 2.57. The van der Waals surface area contributed by atoms with Gasteiger partial charge in [0.15, 0.2) is 0 Å². The Hall–Kier alpha value is 0.429. The van der Waals surface area contributed by atoms with E-state index < -0.39 is 0 Å². The van der Waals surface area contributed by atoms with Crippen molar-refractivity contribution >= 4 is 79.3 Å². The summed E-state index contributed by atoms with van der Waals surface area (Å²) in [6, 6.07) is 0. The van der Waals surface area contributed by atoms with Crippen molar-refractivity contribution in [3.63, 3.8) is 0 Å². The molecule has 0 amide bonds. The van der Waals surface area contributed by atoms with E-state index in [1.54, 1.807) is 6.20 Å². The molecule has 2 heterocycles. The summed E-state index contributed by atoms with van der Waals surface area (Å²) in [6.07, 6.45) is 2.54. The van der Waals surface area contributed by atoms with Crippen molar-refractivity contribution in [2.24, 2.45) is 0 Å². The van der Waals surface area contributed by atoms with Gasteiger partial charge in [-0.05, 0) is 0 Å². The Morgan fingerprint density at radius 1 is 1.11 bits per heavy atom. The maximum atomic E-state index is 10.9. The molecule has 0 aromatic carbocycles. The number of nitrogens with one attached hydrogen (secondary N) is 2. The third kappa shape index (κ3) is 2.52. The first-order valence-corrected chi connectivity index (χ1v) is 8.30. The first kappa shape index (κ1) is 14.8. The number of thiol groups is 4. The molecule has 0 aliphatic heterocycles. The molecule has 3 radical (unpaired) electrons. The number of rotatable bonds is 3. The summed E-state index contributed by atoms with van der Waals surface area (Å²) in [4.78, 5) is 20.0. The van der Waals surface area contributed by atoms with Crippen molar-refractivity contribution in [3.05, 3.63) is 23.3 Å². The average molecular weight is 420 g/mol. The van der Waals surface area contributed by atoms with Gasteiger partial charge >= 0.3 is 141 Å². The fourth-order valence-corrected chi connectivity index (χ4v) is 4.54. The molecule has 0 saturated carbocycles. The van der Waals surface area contributed by atoms with Crippen LogP contribution in [0.2, 0.25) is 0 Å². The van der Waals surface area contributed by atoms with Gasteiger partial charge in [-0.3, -0.25) is 0 Å². The van der Waals surface area contributed by atoms with Crippen LogP contribution in [0.3, 0.4) is 0 Å². The van der Waals surface area contributed by atoms with Gasteiger partial charge in [-0.2, -0.15) is 0 Å². The summed E-state index contributed by atoms with van der Waals surface area (Å²) in [5.74, 6) is 0. The summed E-state index contributed by atoms with van der Waals surface area (Å²) >= 11 is 18.7. The fourth-order valence-electron chi connectivity index (χ4n) is 1.60. The summed E-state index contributed by atoms with van der Waals surface area (Å²) < 4.78 is 0.0812. The van der Waals surface area contributed by atoms with E-state index in [-0.39, 0.29) is 3.93 Å². The van der Waals surface area contributed by atoms with Crippen LogP contribution in [-0.4, -0.2) is 38.8 Å². The minimum atomic E-state index is 0.0812. The number of aromatic amines is 2. The molecule has 2 aromatic rings. The standard InChI is InChI=1S/C10H9N2OS4.Sn/c13-3-6-10(17)9(16)5(12-6)1-4-8(15)7(14)2-11-4;/h1-3,11-12,14-17H;. The van der Waals surface area contributed by atoms with Crippen LogP contribution in [0.4, 0.5) is 0 Å². The van der Waals surface area contributed by atoms with Crippen LogP contribution in [0.5, 0.6) is 0 Å². The molecule has 0 aliphatic rings. The molecule has 0 saturated heterocycles. The second kappa shape index (κ2) is 5.82. The monoisotopic (exact) mass is 421 g/mol. The van der Waals surface area contributed by atoms with E-state index in [2.05, 4.69) is 60.5 Å². The molecule has 18 heavy (non-hydrogen) atoms. The van der Waals surface area contributed by atoms with Crippen molar-refractivity contribution < 1.29 is 4.79 Å². The Labute approximate surface area is 140 Å². The van der Waals surface area contributed by atoms with Crippen LogP contribution >= 0.6 is 50.5 Å². The molecule has 2 aromatic heterocycles. The van der Waals surface area contributed by atoms with Gasteiger partial charge in [0.1, 0.15) is 0 Å². The van der Waals surface area contributed by atoms with Crippen LogP contribution in [0.25, 0.3) is 0 Å². The summed E-state index contributed by atoms with van der Waals surface area (Å²) in [6.45, 7) is 0. The van der Waals surface area contributed by atoms with Gasteiger partial charge in [0.25, 0.3) is 0 Å². The predicted molar refractivity (Wildman–Crippen MR) is 83.6 cm³/mol. The number of hydrogen-bond donors (Lipinski definition) is 6. The molecule has 1 unspecified atom stereocenters. The molecule has 0 bridgehead atoms. The zero-order valence-electron chi connectivity index (χ0n) is 8.93. The summed E-state index contributed by atoms with van der Waals surface area (Å²) in [5.41, 5.74) is 2.28. The van der Waals surface area contributed by atoms with Crippen molar-refractivity contribution in [2.75, 3.05) is 0 Å². The second-order valence-electron chi connectivity index (χ2n) is 3.64. The van der Waals surface area contributed by atoms with Gasteiger partial charge in [-0.25, -0.2) is 0 Å². The Bertz CT molecular complexity index is 607. The summed E-state index contributed by atoms with van der Waals surface area (Å²) in [5, 5.41) is 0. The molecule has 2 N–H and O–H groups in total. The zero-order valence-corrected chi connectivity index (χ0v) is 15.4. The van der Waals surface area contributed by atoms with E-state index in [1.807, 2.05) is 0 Å². The third-order valence-corrected chi connectivity index (χ3v) is 6.33. The third-order valence-electron chi connectivity index (χ3n) is 2.56. The van der Waals surface area contributed by atoms with Crippen LogP contribution in [0.1, 0.15) is 25.8 Å². The van der Waals surface area contributed by atoms with Crippen LogP contribution in [-0.2, 0) is 0 Å². The molecule has 1 atom stereocenters. The molecule has 0 spiro atoms. The normalized spacial score (nSPS) is 12.7. The molecule has 8 heteroatoms. The van der Waals surface area contributed by atoms with Gasteiger partial charge in [-0.1, -0.05) is 0 Å². The van der Waals surface area contributed by atoms with E-state index in [0.29, 0.717) is 15.5 Å². The number of aldehydes is 1. The quantitative estimate of drug-likeness (QED) is 0.258. The molecule has 93 valence electrons. The molecule has 3 nitrogen and oxygen atoms in total. The van der Waals surface area contributed by atoms with Crippen LogP contribution < -0.4 is 0 Å². The van der Waals surface area contributed by atoms with Crippen molar-refractivity contribution in [3.8, 4) is 0 Å². The van der Waals surface area contributed by atoms with E-state index in [9.17, 15) is 4.79 Å².